The lowest BCUT2D eigenvalue weighted by Crippen LogP contribution is -2.44. The minimum atomic E-state index is -2.98. The Kier molecular flexibility index (Phi) is 7.09. The van der Waals surface area contributed by atoms with Crippen LogP contribution in [0.25, 0.3) is 11.1 Å². The maximum absolute atomic E-state index is 13.0. The number of rotatable bonds is 8. The van der Waals surface area contributed by atoms with Gasteiger partial charge < -0.3 is 20.5 Å². The highest BCUT2D eigenvalue weighted by molar-refractivity contribution is 5.81. The van der Waals surface area contributed by atoms with Gasteiger partial charge in [0.05, 0.1) is 6.42 Å². The van der Waals surface area contributed by atoms with Crippen LogP contribution in [-0.4, -0.2) is 48.2 Å². The largest absolute Gasteiger partial charge is 0.481 e. The molecule has 9 heteroatoms. The van der Waals surface area contributed by atoms with Crippen molar-refractivity contribution < 1.29 is 33.0 Å². The van der Waals surface area contributed by atoms with E-state index in [1.807, 2.05) is 48.5 Å². The Bertz CT molecular complexity index is 1030. The van der Waals surface area contributed by atoms with Crippen molar-refractivity contribution in [2.45, 2.75) is 50.1 Å². The summed E-state index contributed by atoms with van der Waals surface area (Å²) in [4.78, 5) is 35.5. The standard InChI is InChI=1S/C25H26F2N2O5/c26-23(27)21(12-22(30)31)29-24(32)14-9-10-15(11-14)28-25(33)34-13-20-18-7-3-1-5-16(18)17-6-2-4-8-19(17)20/h1-8,14-15,20-21,23H,9-13H2,(H,28,33)(H,29,32)(H,30,31)/t14-,15+,21?/m0/s1. The molecule has 7 nitrogen and oxygen atoms in total. The molecular formula is C25H26F2N2O5. The number of alkyl carbamates (subject to hydrolysis) is 1. The second-order valence-corrected chi connectivity index (χ2v) is 8.72. The second-order valence-electron chi connectivity index (χ2n) is 8.72. The SMILES string of the molecule is O=C(O)CC(NC(=O)[C@H]1CC[C@@H](NC(=O)OCC2c3ccccc3-c3ccccc32)C1)C(F)F. The van der Waals surface area contributed by atoms with Crippen LogP contribution in [-0.2, 0) is 14.3 Å². The van der Waals surface area contributed by atoms with Gasteiger partial charge in [0.25, 0.3) is 6.43 Å². The zero-order valence-corrected chi connectivity index (χ0v) is 18.4. The molecule has 0 bridgehead atoms. The number of hydrogen-bond acceptors (Lipinski definition) is 4. The van der Waals surface area contributed by atoms with Crippen molar-refractivity contribution in [2.75, 3.05) is 6.61 Å². The monoisotopic (exact) mass is 472 g/mol. The summed E-state index contributed by atoms with van der Waals surface area (Å²) < 4.78 is 31.5. The Hall–Kier alpha value is -3.49. The van der Waals surface area contributed by atoms with E-state index in [1.165, 1.54) is 0 Å². The number of carboxylic acids is 1. The molecule has 0 aliphatic heterocycles. The molecule has 3 N–H and O–H groups in total. The van der Waals surface area contributed by atoms with Crippen LogP contribution in [0.2, 0.25) is 0 Å². The first-order valence-electron chi connectivity index (χ1n) is 11.2. The van der Waals surface area contributed by atoms with Gasteiger partial charge in [0.15, 0.2) is 0 Å². The van der Waals surface area contributed by atoms with Crippen LogP contribution in [0.5, 0.6) is 0 Å². The maximum Gasteiger partial charge on any atom is 0.407 e. The van der Waals surface area contributed by atoms with E-state index in [2.05, 4.69) is 10.6 Å². The van der Waals surface area contributed by atoms with Crippen LogP contribution in [0.4, 0.5) is 13.6 Å². The minimum Gasteiger partial charge on any atom is -0.481 e. The van der Waals surface area contributed by atoms with Gasteiger partial charge in [-0.1, -0.05) is 48.5 Å². The van der Waals surface area contributed by atoms with Gasteiger partial charge in [0.2, 0.25) is 5.91 Å². The third kappa shape index (κ3) is 5.18. The first-order chi connectivity index (χ1) is 16.3. The predicted octanol–water partition coefficient (Wildman–Crippen LogP) is 3.92. The number of halogens is 2. The zero-order chi connectivity index (χ0) is 24.2. The van der Waals surface area contributed by atoms with E-state index >= 15 is 0 Å². The number of alkyl halides is 2. The van der Waals surface area contributed by atoms with E-state index in [0.29, 0.717) is 12.8 Å². The lowest BCUT2D eigenvalue weighted by atomic mass is 9.98. The first-order valence-corrected chi connectivity index (χ1v) is 11.2. The number of hydrogen-bond donors (Lipinski definition) is 3. The molecule has 1 fully saturated rings. The van der Waals surface area contributed by atoms with Crippen molar-refractivity contribution in [2.24, 2.45) is 5.92 Å². The number of nitrogens with one attached hydrogen (secondary N) is 2. The van der Waals surface area contributed by atoms with E-state index in [4.69, 9.17) is 9.84 Å². The van der Waals surface area contributed by atoms with Crippen LogP contribution in [0.1, 0.15) is 42.7 Å². The highest BCUT2D eigenvalue weighted by atomic mass is 19.3. The minimum absolute atomic E-state index is 0.0687. The smallest absolute Gasteiger partial charge is 0.407 e. The Morgan fingerprint density at radius 2 is 1.62 bits per heavy atom. The van der Waals surface area contributed by atoms with Crippen LogP contribution in [0.15, 0.2) is 48.5 Å². The van der Waals surface area contributed by atoms with Crippen LogP contribution in [0, 0.1) is 5.92 Å². The van der Waals surface area contributed by atoms with Crippen molar-refractivity contribution in [3.8, 4) is 11.1 Å². The molecule has 0 spiro atoms. The number of ether oxygens (including phenoxy) is 1. The van der Waals surface area contributed by atoms with E-state index in [-0.39, 0.29) is 25.0 Å². The number of fused-ring (bicyclic) bond motifs is 3. The molecule has 0 aromatic heterocycles. The number of amides is 2. The summed E-state index contributed by atoms with van der Waals surface area (Å²) in [5.74, 6) is -2.68. The third-order valence-corrected chi connectivity index (χ3v) is 6.50. The van der Waals surface area contributed by atoms with Gasteiger partial charge in [-0.15, -0.1) is 0 Å². The Balaban J connectivity index is 1.29. The molecule has 0 heterocycles. The van der Waals surface area contributed by atoms with Crippen molar-refractivity contribution in [3.05, 3.63) is 59.7 Å². The molecule has 0 saturated heterocycles. The highest BCUT2D eigenvalue weighted by Gasteiger charge is 2.35. The topological polar surface area (TPSA) is 105 Å². The summed E-state index contributed by atoms with van der Waals surface area (Å²) in [6.07, 6.45) is -3.24. The quantitative estimate of drug-likeness (QED) is 0.540. The summed E-state index contributed by atoms with van der Waals surface area (Å²) in [7, 11) is 0. The van der Waals surface area contributed by atoms with Gasteiger partial charge in [0.1, 0.15) is 12.6 Å². The van der Waals surface area contributed by atoms with E-state index in [9.17, 15) is 23.2 Å². The van der Waals surface area contributed by atoms with E-state index in [0.717, 1.165) is 22.3 Å². The van der Waals surface area contributed by atoms with Crippen molar-refractivity contribution in [1.29, 1.82) is 0 Å². The molecule has 0 radical (unpaired) electrons. The second kappa shape index (κ2) is 10.2. The average molecular weight is 472 g/mol. The molecule has 1 unspecified atom stereocenters. The normalized spacial score (nSPS) is 19.9. The number of benzene rings is 2. The van der Waals surface area contributed by atoms with Gasteiger partial charge in [-0.2, -0.15) is 0 Å². The lowest BCUT2D eigenvalue weighted by Gasteiger charge is -2.19. The fourth-order valence-electron chi connectivity index (χ4n) is 4.85. The van der Waals surface area contributed by atoms with E-state index in [1.54, 1.807) is 0 Å². The van der Waals surface area contributed by atoms with Gasteiger partial charge in [-0.05, 0) is 41.5 Å². The van der Waals surface area contributed by atoms with Crippen LogP contribution in [0.3, 0.4) is 0 Å². The molecule has 180 valence electrons. The highest BCUT2D eigenvalue weighted by Crippen LogP contribution is 2.44. The van der Waals surface area contributed by atoms with Crippen LogP contribution >= 0.6 is 0 Å². The molecule has 2 aromatic carbocycles. The molecule has 34 heavy (non-hydrogen) atoms. The van der Waals surface area contributed by atoms with E-state index < -0.39 is 42.8 Å². The molecule has 4 rings (SSSR count). The zero-order valence-electron chi connectivity index (χ0n) is 18.4. The molecular weight excluding hydrogens is 446 g/mol. The number of carboxylic acid groups (broad SMARTS) is 1. The Labute approximate surface area is 195 Å². The number of carbonyl (C=O) groups excluding carboxylic acids is 2. The summed E-state index contributed by atoms with van der Waals surface area (Å²) in [5, 5.41) is 13.6. The maximum atomic E-state index is 13.0. The average Bonchev–Trinajstić information content (AvgIpc) is 3.39. The summed E-state index contributed by atoms with van der Waals surface area (Å²) in [6, 6.07) is 14.0. The van der Waals surface area contributed by atoms with Crippen molar-refractivity contribution in [3.63, 3.8) is 0 Å². The van der Waals surface area contributed by atoms with Gasteiger partial charge >= 0.3 is 12.1 Å². The summed E-state index contributed by atoms with van der Waals surface area (Å²) in [6.45, 7) is 0.168. The molecule has 2 aliphatic rings. The third-order valence-electron chi connectivity index (χ3n) is 6.50. The fourth-order valence-corrected chi connectivity index (χ4v) is 4.85. The molecule has 2 amide bonds. The molecule has 3 atom stereocenters. The molecule has 1 saturated carbocycles. The summed E-state index contributed by atoms with van der Waals surface area (Å²) in [5.41, 5.74) is 4.46. The van der Waals surface area contributed by atoms with Crippen molar-refractivity contribution in [1.82, 2.24) is 10.6 Å². The fraction of sp³-hybridized carbons (Fsp3) is 0.400. The van der Waals surface area contributed by atoms with Gasteiger partial charge in [-0.25, -0.2) is 13.6 Å². The van der Waals surface area contributed by atoms with Gasteiger partial charge in [-0.3, -0.25) is 9.59 Å². The van der Waals surface area contributed by atoms with Crippen molar-refractivity contribution >= 4 is 18.0 Å². The Morgan fingerprint density at radius 1 is 1.00 bits per heavy atom. The van der Waals surface area contributed by atoms with Crippen LogP contribution < -0.4 is 10.6 Å². The lowest BCUT2D eigenvalue weighted by molar-refractivity contribution is -0.139. The van der Waals surface area contributed by atoms with Gasteiger partial charge in [0, 0.05) is 17.9 Å². The first kappa shape index (κ1) is 23.7. The Morgan fingerprint density at radius 3 is 2.21 bits per heavy atom. The molecule has 2 aromatic rings. The number of aliphatic carboxylic acids is 1. The summed E-state index contributed by atoms with van der Waals surface area (Å²) >= 11 is 0. The predicted molar refractivity (Wildman–Crippen MR) is 120 cm³/mol. The number of carbonyl (C=O) groups is 3. The molecule has 2 aliphatic carbocycles.